The molecule has 1 aromatic rings. The monoisotopic (exact) mass is 386 g/mol. The molecule has 1 aromatic carbocycles. The normalized spacial score (nSPS) is 22.6. The van der Waals surface area contributed by atoms with E-state index >= 15 is 0 Å². The molecule has 5 heteroatoms. The molecule has 2 aliphatic rings. The van der Waals surface area contributed by atoms with Gasteiger partial charge in [-0.15, -0.1) is 0 Å². The van der Waals surface area contributed by atoms with Gasteiger partial charge in [0.25, 0.3) is 0 Å². The van der Waals surface area contributed by atoms with Crippen molar-refractivity contribution in [2.24, 2.45) is 17.8 Å². The summed E-state index contributed by atoms with van der Waals surface area (Å²) in [5.74, 6) is 1.60. The molecule has 2 amide bonds. The van der Waals surface area contributed by atoms with Gasteiger partial charge < -0.3 is 15.0 Å². The smallest absolute Gasteiger partial charge is 0.225 e. The van der Waals surface area contributed by atoms with E-state index in [9.17, 15) is 9.59 Å². The maximum absolute atomic E-state index is 13.0. The van der Waals surface area contributed by atoms with Gasteiger partial charge in [0.2, 0.25) is 11.8 Å². The second kappa shape index (κ2) is 9.44. The van der Waals surface area contributed by atoms with Crippen molar-refractivity contribution in [1.29, 1.82) is 0 Å². The molecule has 1 N–H and O–H groups in total. The Morgan fingerprint density at radius 2 is 1.96 bits per heavy atom. The molecule has 1 saturated carbocycles. The van der Waals surface area contributed by atoms with Crippen LogP contribution >= 0.6 is 0 Å². The summed E-state index contributed by atoms with van der Waals surface area (Å²) in [5, 5.41) is 3.11. The molecule has 0 unspecified atom stereocenters. The van der Waals surface area contributed by atoms with Gasteiger partial charge in [0.05, 0.1) is 13.0 Å². The van der Waals surface area contributed by atoms with E-state index in [0.717, 1.165) is 43.4 Å². The molecule has 1 aliphatic heterocycles. The molecule has 0 bridgehead atoms. The van der Waals surface area contributed by atoms with Crippen molar-refractivity contribution in [3.63, 3.8) is 0 Å². The third-order valence-electron chi connectivity index (χ3n) is 6.22. The third-order valence-corrected chi connectivity index (χ3v) is 6.22. The van der Waals surface area contributed by atoms with Crippen LogP contribution in [-0.4, -0.2) is 43.5 Å². The zero-order valence-electron chi connectivity index (χ0n) is 17.4. The van der Waals surface area contributed by atoms with E-state index in [-0.39, 0.29) is 29.6 Å². The summed E-state index contributed by atoms with van der Waals surface area (Å²) in [6, 6.07) is 7.93. The topological polar surface area (TPSA) is 58.6 Å². The van der Waals surface area contributed by atoms with E-state index in [1.165, 1.54) is 0 Å². The number of nitrogens with one attached hydrogen (secondary N) is 1. The van der Waals surface area contributed by atoms with Crippen molar-refractivity contribution in [2.45, 2.75) is 51.9 Å². The lowest BCUT2D eigenvalue weighted by Gasteiger charge is -2.20. The zero-order chi connectivity index (χ0) is 20.1. The highest BCUT2D eigenvalue weighted by Gasteiger charge is 2.42. The summed E-state index contributed by atoms with van der Waals surface area (Å²) >= 11 is 0. The minimum atomic E-state index is -0.204. The predicted octanol–water partition coefficient (Wildman–Crippen LogP) is 3.59. The number of carbonyl (C=O) groups is 2. The number of likely N-dealkylation sites (tertiary alicyclic amines) is 1. The average molecular weight is 387 g/mol. The fourth-order valence-corrected chi connectivity index (χ4v) is 4.51. The maximum atomic E-state index is 13.0. The molecule has 1 saturated heterocycles. The number of nitrogens with zero attached hydrogens (tertiary/aromatic N) is 1. The summed E-state index contributed by atoms with van der Waals surface area (Å²) in [4.78, 5) is 27.9. The van der Waals surface area contributed by atoms with Gasteiger partial charge in [-0.25, -0.2) is 0 Å². The number of rotatable bonds is 7. The Bertz CT molecular complexity index is 682. The SMILES string of the molecule is COc1cccc([C@H]2CN(C(=O)C3CCCC3)C[C@@H]2C(=O)NCCC(C)C)c1. The molecule has 0 spiro atoms. The van der Waals surface area contributed by atoms with Gasteiger partial charge in [0, 0.05) is 31.5 Å². The largest absolute Gasteiger partial charge is 0.497 e. The van der Waals surface area contributed by atoms with Gasteiger partial charge in [0.1, 0.15) is 5.75 Å². The number of methoxy groups -OCH3 is 1. The second-order valence-electron chi connectivity index (χ2n) is 8.69. The van der Waals surface area contributed by atoms with Crippen molar-refractivity contribution in [3.05, 3.63) is 29.8 Å². The van der Waals surface area contributed by atoms with Gasteiger partial charge in [-0.05, 0) is 42.9 Å². The van der Waals surface area contributed by atoms with E-state index in [2.05, 4.69) is 19.2 Å². The lowest BCUT2D eigenvalue weighted by Crippen LogP contribution is -2.37. The molecule has 1 heterocycles. The second-order valence-corrected chi connectivity index (χ2v) is 8.69. The molecule has 0 aromatic heterocycles. The predicted molar refractivity (Wildman–Crippen MR) is 110 cm³/mol. The Hall–Kier alpha value is -2.04. The standard InChI is InChI=1S/C23H34N2O3/c1-16(2)11-12-24-22(26)21-15-25(23(27)17-7-4-5-8-17)14-20(21)18-9-6-10-19(13-18)28-3/h6,9-10,13,16-17,20-21H,4-5,7-8,11-12,14-15H2,1-3H3,(H,24,26)/t20-,21+/m1/s1. The maximum Gasteiger partial charge on any atom is 0.225 e. The molecule has 3 rings (SSSR count). The first-order chi connectivity index (χ1) is 13.5. The highest BCUT2D eigenvalue weighted by molar-refractivity contribution is 5.84. The summed E-state index contributed by atoms with van der Waals surface area (Å²) in [5.41, 5.74) is 1.07. The van der Waals surface area contributed by atoms with Crippen molar-refractivity contribution >= 4 is 11.8 Å². The molecule has 5 nitrogen and oxygen atoms in total. The van der Waals surface area contributed by atoms with Gasteiger partial charge in [-0.1, -0.05) is 38.8 Å². The van der Waals surface area contributed by atoms with E-state index in [4.69, 9.17) is 4.74 Å². The molecule has 2 fully saturated rings. The first kappa shape index (κ1) is 20.7. The van der Waals surface area contributed by atoms with Gasteiger partial charge in [0.15, 0.2) is 0 Å². The van der Waals surface area contributed by atoms with Crippen LogP contribution in [0, 0.1) is 17.8 Å². The average Bonchev–Trinajstić information content (AvgIpc) is 3.37. The molecular weight excluding hydrogens is 352 g/mol. The van der Waals surface area contributed by atoms with E-state index in [0.29, 0.717) is 25.6 Å². The number of amides is 2. The minimum absolute atomic E-state index is 0.0134. The minimum Gasteiger partial charge on any atom is -0.497 e. The van der Waals surface area contributed by atoms with Crippen molar-refractivity contribution < 1.29 is 14.3 Å². The van der Waals surface area contributed by atoms with Crippen molar-refractivity contribution in [2.75, 3.05) is 26.7 Å². The third kappa shape index (κ3) is 4.86. The number of benzene rings is 1. The first-order valence-corrected chi connectivity index (χ1v) is 10.7. The summed E-state index contributed by atoms with van der Waals surface area (Å²) in [6.07, 6.45) is 5.23. The van der Waals surface area contributed by atoms with Crippen LogP contribution in [0.4, 0.5) is 0 Å². The Labute approximate surface area is 168 Å². The molecule has 1 aliphatic carbocycles. The van der Waals surface area contributed by atoms with Gasteiger partial charge >= 0.3 is 0 Å². The number of ether oxygens (including phenoxy) is 1. The molecule has 2 atom stereocenters. The van der Waals surface area contributed by atoms with Crippen LogP contribution in [0.25, 0.3) is 0 Å². The van der Waals surface area contributed by atoms with Crippen LogP contribution in [0.2, 0.25) is 0 Å². The molecule has 154 valence electrons. The quantitative estimate of drug-likeness (QED) is 0.779. The Balaban J connectivity index is 1.76. The Morgan fingerprint density at radius 1 is 1.21 bits per heavy atom. The van der Waals surface area contributed by atoms with E-state index in [1.807, 2.05) is 29.2 Å². The lowest BCUT2D eigenvalue weighted by atomic mass is 9.88. The van der Waals surface area contributed by atoms with Crippen molar-refractivity contribution in [1.82, 2.24) is 10.2 Å². The van der Waals surface area contributed by atoms with Crippen LogP contribution in [0.3, 0.4) is 0 Å². The van der Waals surface area contributed by atoms with Crippen LogP contribution in [0.1, 0.15) is 57.4 Å². The molecular formula is C23H34N2O3. The fraction of sp³-hybridized carbons (Fsp3) is 0.652. The Kier molecular flexibility index (Phi) is 6.97. The molecule has 0 radical (unpaired) electrons. The Morgan fingerprint density at radius 3 is 2.64 bits per heavy atom. The molecule has 28 heavy (non-hydrogen) atoms. The van der Waals surface area contributed by atoms with E-state index < -0.39 is 0 Å². The summed E-state index contributed by atoms with van der Waals surface area (Å²) in [6.45, 7) is 6.13. The number of hydrogen-bond donors (Lipinski definition) is 1. The van der Waals surface area contributed by atoms with Gasteiger partial charge in [-0.3, -0.25) is 9.59 Å². The van der Waals surface area contributed by atoms with E-state index in [1.54, 1.807) is 7.11 Å². The summed E-state index contributed by atoms with van der Waals surface area (Å²) < 4.78 is 5.38. The lowest BCUT2D eigenvalue weighted by molar-refractivity contribution is -0.134. The number of carbonyl (C=O) groups excluding carboxylic acids is 2. The fourth-order valence-electron chi connectivity index (χ4n) is 4.51. The van der Waals surface area contributed by atoms with Crippen LogP contribution < -0.4 is 10.1 Å². The highest BCUT2D eigenvalue weighted by Crippen LogP contribution is 2.37. The van der Waals surface area contributed by atoms with Crippen molar-refractivity contribution in [3.8, 4) is 5.75 Å². The highest BCUT2D eigenvalue weighted by atomic mass is 16.5. The zero-order valence-corrected chi connectivity index (χ0v) is 17.4. The number of hydrogen-bond acceptors (Lipinski definition) is 3. The summed E-state index contributed by atoms with van der Waals surface area (Å²) in [7, 11) is 1.65. The van der Waals surface area contributed by atoms with Crippen LogP contribution in [-0.2, 0) is 9.59 Å². The first-order valence-electron chi connectivity index (χ1n) is 10.7. The van der Waals surface area contributed by atoms with Crippen LogP contribution in [0.15, 0.2) is 24.3 Å². The van der Waals surface area contributed by atoms with Gasteiger partial charge in [-0.2, -0.15) is 0 Å². The van der Waals surface area contributed by atoms with Crippen LogP contribution in [0.5, 0.6) is 5.75 Å².